The molecule has 1 aromatic rings. The van der Waals surface area contributed by atoms with Crippen LogP contribution in [0.2, 0.25) is 0 Å². The van der Waals surface area contributed by atoms with Crippen LogP contribution in [-0.2, 0) is 10.2 Å². The van der Waals surface area contributed by atoms with Crippen molar-refractivity contribution in [2.75, 3.05) is 37.7 Å². The molecule has 0 aromatic heterocycles. The summed E-state index contributed by atoms with van der Waals surface area (Å²) in [5.41, 5.74) is 2.54. The van der Waals surface area contributed by atoms with Crippen molar-refractivity contribution in [3.8, 4) is 0 Å². The molecule has 1 fully saturated rings. The van der Waals surface area contributed by atoms with Gasteiger partial charge in [-0.2, -0.15) is 0 Å². The van der Waals surface area contributed by atoms with Gasteiger partial charge in [-0.25, -0.2) is 0 Å². The Kier molecular flexibility index (Phi) is 5.63. The monoisotopic (exact) mass is 360 g/mol. The molecular formula is C20H28N2O4. The lowest BCUT2D eigenvalue weighted by Crippen LogP contribution is -2.37. The lowest BCUT2D eigenvalue weighted by molar-refractivity contribution is -0.116. The minimum atomic E-state index is -0.192. The standard InChI is InChI=1S/C20H28N2O4/c1-15(25)22-14-20(7-3-2-4-8-20)17-13-16(5-6-18(17)22)19(26)21(9-11-23)10-12-24/h5-6,13,23-24H,2-4,7-12,14H2,1H3. The number of carbonyl (C=O) groups excluding carboxylic acids is 2. The van der Waals surface area contributed by atoms with Crippen LogP contribution in [0.25, 0.3) is 0 Å². The molecule has 2 amide bonds. The lowest BCUT2D eigenvalue weighted by Gasteiger charge is -2.34. The summed E-state index contributed by atoms with van der Waals surface area (Å²) in [4.78, 5) is 28.3. The van der Waals surface area contributed by atoms with Crippen molar-refractivity contribution in [2.45, 2.75) is 44.4 Å². The summed E-state index contributed by atoms with van der Waals surface area (Å²) in [5.74, 6) is -0.155. The summed E-state index contributed by atoms with van der Waals surface area (Å²) in [6, 6.07) is 5.57. The Labute approximate surface area is 154 Å². The molecule has 2 aliphatic rings. The molecule has 1 aliphatic heterocycles. The van der Waals surface area contributed by atoms with E-state index in [1.54, 1.807) is 13.0 Å². The van der Waals surface area contributed by atoms with E-state index < -0.39 is 0 Å². The molecule has 26 heavy (non-hydrogen) atoms. The summed E-state index contributed by atoms with van der Waals surface area (Å²) in [7, 11) is 0. The Bertz CT molecular complexity index is 676. The Hall–Kier alpha value is -1.92. The van der Waals surface area contributed by atoms with Gasteiger partial charge in [-0.1, -0.05) is 19.3 Å². The van der Waals surface area contributed by atoms with Crippen molar-refractivity contribution in [1.82, 2.24) is 4.90 Å². The maximum absolute atomic E-state index is 12.8. The fourth-order valence-electron chi connectivity index (χ4n) is 4.48. The van der Waals surface area contributed by atoms with Crippen molar-refractivity contribution in [1.29, 1.82) is 0 Å². The zero-order valence-electron chi connectivity index (χ0n) is 15.4. The molecular weight excluding hydrogens is 332 g/mol. The molecule has 0 bridgehead atoms. The average molecular weight is 360 g/mol. The first kappa shape index (κ1) is 18.9. The first-order chi connectivity index (χ1) is 12.5. The number of carbonyl (C=O) groups is 2. The SMILES string of the molecule is CC(=O)N1CC2(CCCCC2)c2cc(C(=O)N(CCO)CCO)ccc21. The van der Waals surface area contributed by atoms with E-state index in [0.717, 1.165) is 36.9 Å². The molecule has 1 aromatic carbocycles. The molecule has 142 valence electrons. The van der Waals surface area contributed by atoms with Crippen LogP contribution in [0.4, 0.5) is 5.69 Å². The van der Waals surface area contributed by atoms with E-state index in [2.05, 4.69) is 0 Å². The van der Waals surface area contributed by atoms with Gasteiger partial charge >= 0.3 is 0 Å². The van der Waals surface area contributed by atoms with Crippen LogP contribution in [0.5, 0.6) is 0 Å². The fraction of sp³-hybridized carbons (Fsp3) is 0.600. The number of hydrogen-bond donors (Lipinski definition) is 2. The number of rotatable bonds is 5. The highest BCUT2D eigenvalue weighted by molar-refractivity contribution is 5.98. The third-order valence-corrected chi connectivity index (χ3v) is 5.78. The molecule has 0 unspecified atom stereocenters. The molecule has 1 heterocycles. The van der Waals surface area contributed by atoms with Gasteiger partial charge in [0.05, 0.1) is 13.2 Å². The highest BCUT2D eigenvalue weighted by Gasteiger charge is 2.44. The van der Waals surface area contributed by atoms with Gasteiger partial charge in [0.2, 0.25) is 5.91 Å². The van der Waals surface area contributed by atoms with Crippen LogP contribution < -0.4 is 4.90 Å². The molecule has 6 nitrogen and oxygen atoms in total. The van der Waals surface area contributed by atoms with Gasteiger partial charge < -0.3 is 20.0 Å². The van der Waals surface area contributed by atoms with Gasteiger partial charge in [-0.15, -0.1) is 0 Å². The van der Waals surface area contributed by atoms with Crippen LogP contribution in [0.3, 0.4) is 0 Å². The van der Waals surface area contributed by atoms with Crippen molar-refractivity contribution in [3.63, 3.8) is 0 Å². The third kappa shape index (κ3) is 3.35. The molecule has 0 atom stereocenters. The minimum Gasteiger partial charge on any atom is -0.395 e. The van der Waals surface area contributed by atoms with Gasteiger partial charge in [-0.05, 0) is 36.6 Å². The number of benzene rings is 1. The Morgan fingerprint density at radius 2 is 1.77 bits per heavy atom. The highest BCUT2D eigenvalue weighted by atomic mass is 16.3. The van der Waals surface area contributed by atoms with E-state index in [0.29, 0.717) is 12.1 Å². The van der Waals surface area contributed by atoms with Crippen molar-refractivity contribution >= 4 is 17.5 Å². The largest absolute Gasteiger partial charge is 0.395 e. The number of amides is 2. The van der Waals surface area contributed by atoms with Crippen LogP contribution in [0.15, 0.2) is 18.2 Å². The Morgan fingerprint density at radius 3 is 2.35 bits per heavy atom. The van der Waals surface area contributed by atoms with Crippen LogP contribution in [0.1, 0.15) is 54.9 Å². The summed E-state index contributed by atoms with van der Waals surface area (Å²) in [6.45, 7) is 2.40. The molecule has 6 heteroatoms. The smallest absolute Gasteiger partial charge is 0.254 e. The van der Waals surface area contributed by atoms with E-state index in [-0.39, 0.29) is 43.5 Å². The van der Waals surface area contributed by atoms with Crippen LogP contribution >= 0.6 is 0 Å². The van der Waals surface area contributed by atoms with Crippen LogP contribution in [0, 0.1) is 0 Å². The zero-order valence-corrected chi connectivity index (χ0v) is 15.4. The normalized spacial score (nSPS) is 18.0. The maximum atomic E-state index is 12.8. The van der Waals surface area contributed by atoms with Crippen molar-refractivity contribution < 1.29 is 19.8 Å². The molecule has 3 rings (SSSR count). The molecule has 1 spiro atoms. The predicted octanol–water partition coefficient (Wildman–Crippen LogP) is 1.68. The van der Waals surface area contributed by atoms with Crippen molar-refractivity contribution in [2.24, 2.45) is 0 Å². The minimum absolute atomic E-state index is 0.0370. The van der Waals surface area contributed by atoms with Gasteiger partial charge in [0.1, 0.15) is 0 Å². The average Bonchev–Trinajstić information content (AvgIpc) is 2.95. The highest BCUT2D eigenvalue weighted by Crippen LogP contribution is 2.49. The van der Waals surface area contributed by atoms with Gasteiger partial charge in [0.25, 0.3) is 5.91 Å². The van der Waals surface area contributed by atoms with E-state index in [1.165, 1.54) is 11.3 Å². The summed E-state index contributed by atoms with van der Waals surface area (Å²) < 4.78 is 0. The second kappa shape index (κ2) is 7.76. The Morgan fingerprint density at radius 1 is 1.12 bits per heavy atom. The van der Waals surface area contributed by atoms with E-state index >= 15 is 0 Å². The number of fused-ring (bicyclic) bond motifs is 2. The van der Waals surface area contributed by atoms with E-state index in [9.17, 15) is 19.8 Å². The number of aliphatic hydroxyl groups excluding tert-OH is 2. The number of nitrogens with zero attached hydrogens (tertiary/aromatic N) is 2. The maximum Gasteiger partial charge on any atom is 0.254 e. The number of anilines is 1. The van der Waals surface area contributed by atoms with Gasteiger partial charge in [0, 0.05) is 43.2 Å². The third-order valence-electron chi connectivity index (χ3n) is 5.78. The summed E-state index contributed by atoms with van der Waals surface area (Å²) >= 11 is 0. The lowest BCUT2D eigenvalue weighted by atomic mass is 9.70. The zero-order chi connectivity index (χ0) is 18.7. The quantitative estimate of drug-likeness (QED) is 0.837. The van der Waals surface area contributed by atoms with E-state index in [1.807, 2.05) is 17.0 Å². The molecule has 0 saturated heterocycles. The predicted molar refractivity (Wildman–Crippen MR) is 99.3 cm³/mol. The van der Waals surface area contributed by atoms with Gasteiger partial charge in [-0.3, -0.25) is 9.59 Å². The topological polar surface area (TPSA) is 81.1 Å². The molecule has 1 aliphatic carbocycles. The number of aliphatic hydroxyl groups is 2. The first-order valence-electron chi connectivity index (χ1n) is 9.46. The molecule has 2 N–H and O–H groups in total. The first-order valence-corrected chi connectivity index (χ1v) is 9.46. The molecule has 1 saturated carbocycles. The second-order valence-corrected chi connectivity index (χ2v) is 7.42. The summed E-state index contributed by atoms with van der Waals surface area (Å²) in [6.07, 6.45) is 5.59. The fourth-order valence-corrected chi connectivity index (χ4v) is 4.48. The molecule has 0 radical (unpaired) electrons. The van der Waals surface area contributed by atoms with Crippen LogP contribution in [-0.4, -0.2) is 59.8 Å². The van der Waals surface area contributed by atoms with E-state index in [4.69, 9.17) is 0 Å². The van der Waals surface area contributed by atoms with Crippen molar-refractivity contribution in [3.05, 3.63) is 29.3 Å². The second-order valence-electron chi connectivity index (χ2n) is 7.42. The number of hydrogen-bond acceptors (Lipinski definition) is 4. The Balaban J connectivity index is 1.98. The van der Waals surface area contributed by atoms with Gasteiger partial charge in [0.15, 0.2) is 0 Å². The summed E-state index contributed by atoms with van der Waals surface area (Å²) in [5, 5.41) is 18.4.